The summed E-state index contributed by atoms with van der Waals surface area (Å²) < 4.78 is 37.6. The Morgan fingerprint density at radius 1 is 1.30 bits per heavy atom. The number of aromatic nitrogens is 2. The number of anilines is 2. The Morgan fingerprint density at radius 2 is 1.89 bits per heavy atom. The molecule has 1 aromatic carbocycles. The molecule has 0 spiro atoms. The molecular weight excluding hydrogens is 389 g/mol. The number of nitrogen functional groups attached to an aromatic ring is 1. The lowest BCUT2D eigenvalue weighted by molar-refractivity contribution is -0.138. The predicted molar refractivity (Wildman–Crippen MR) is 91.6 cm³/mol. The number of rotatable bonds is 5. The molecule has 0 aliphatic heterocycles. The van der Waals surface area contributed by atoms with Crippen molar-refractivity contribution in [3.63, 3.8) is 0 Å². The van der Waals surface area contributed by atoms with E-state index in [1.807, 2.05) is 0 Å². The highest BCUT2D eigenvalue weighted by molar-refractivity contribution is 8.00. The van der Waals surface area contributed by atoms with Crippen LogP contribution in [0.15, 0.2) is 34.2 Å². The monoisotopic (exact) mass is 402 g/mol. The zero-order chi connectivity index (χ0) is 20.4. The van der Waals surface area contributed by atoms with Gasteiger partial charge in [0, 0.05) is 5.56 Å². The zero-order valence-electron chi connectivity index (χ0n) is 13.6. The quantitative estimate of drug-likeness (QED) is 0.444. The fourth-order valence-electron chi connectivity index (χ4n) is 1.86. The Hall–Kier alpha value is -3.02. The molecule has 144 valence electrons. The molecule has 1 atom stereocenters. The fraction of sp³-hybridized carbons (Fsp3) is 0.200. The summed E-state index contributed by atoms with van der Waals surface area (Å²) >= 11 is 0.742. The number of carboxylic acids is 1. The van der Waals surface area contributed by atoms with E-state index in [2.05, 4.69) is 15.3 Å². The van der Waals surface area contributed by atoms with E-state index in [1.165, 1.54) is 6.92 Å². The third kappa shape index (κ3) is 5.00. The first-order chi connectivity index (χ1) is 12.5. The Morgan fingerprint density at radius 3 is 2.37 bits per heavy atom. The number of benzene rings is 1. The van der Waals surface area contributed by atoms with Crippen molar-refractivity contribution >= 4 is 35.1 Å². The van der Waals surface area contributed by atoms with Crippen LogP contribution in [0.25, 0.3) is 0 Å². The molecule has 0 aliphatic rings. The zero-order valence-corrected chi connectivity index (χ0v) is 14.4. The van der Waals surface area contributed by atoms with Crippen LogP contribution in [0.3, 0.4) is 0 Å². The molecule has 8 nitrogen and oxygen atoms in total. The number of nitrogens with one attached hydrogen (secondary N) is 2. The van der Waals surface area contributed by atoms with Crippen LogP contribution < -0.4 is 16.6 Å². The second kappa shape index (κ2) is 7.70. The molecule has 0 saturated heterocycles. The first kappa shape index (κ1) is 20.3. The molecule has 12 heteroatoms. The number of aromatic amines is 1. The highest BCUT2D eigenvalue weighted by Crippen LogP contribution is 2.29. The van der Waals surface area contributed by atoms with Crippen molar-refractivity contribution in [2.24, 2.45) is 0 Å². The lowest BCUT2D eigenvalue weighted by Crippen LogP contribution is -2.23. The van der Waals surface area contributed by atoms with E-state index in [0.717, 1.165) is 36.0 Å². The van der Waals surface area contributed by atoms with Gasteiger partial charge in [-0.3, -0.25) is 19.4 Å². The lowest BCUT2D eigenvalue weighted by atomic mass is 10.1. The van der Waals surface area contributed by atoms with E-state index in [1.54, 1.807) is 0 Å². The smallest absolute Gasteiger partial charge is 0.416 e. The van der Waals surface area contributed by atoms with Crippen molar-refractivity contribution in [1.29, 1.82) is 0 Å². The molecule has 1 amide bonds. The minimum absolute atomic E-state index is 0.0556. The maximum Gasteiger partial charge on any atom is 0.416 e. The number of nitrogens with two attached hydrogens (primary N) is 1. The molecular formula is C15H13F3N4O4S. The number of carbonyl (C=O) groups is 2. The molecule has 0 unspecified atom stereocenters. The number of aliphatic carboxylic acids is 1. The number of thioether (sulfide) groups is 1. The normalized spacial score (nSPS) is 12.4. The highest BCUT2D eigenvalue weighted by atomic mass is 32.2. The Labute approximate surface area is 154 Å². The summed E-state index contributed by atoms with van der Waals surface area (Å²) in [5.74, 6) is -2.35. The Bertz CT molecular complexity index is 928. The van der Waals surface area contributed by atoms with Crippen molar-refractivity contribution < 1.29 is 27.9 Å². The summed E-state index contributed by atoms with van der Waals surface area (Å²) in [6, 6.07) is 3.37. The number of nitrogens with zero attached hydrogens (tertiary/aromatic N) is 1. The van der Waals surface area contributed by atoms with Crippen LogP contribution in [0.1, 0.15) is 22.8 Å². The van der Waals surface area contributed by atoms with Crippen molar-refractivity contribution in [1.82, 2.24) is 9.97 Å². The molecule has 0 fully saturated rings. The van der Waals surface area contributed by atoms with E-state index in [-0.39, 0.29) is 16.5 Å². The maximum absolute atomic E-state index is 12.5. The first-order valence-corrected chi connectivity index (χ1v) is 8.15. The lowest BCUT2D eigenvalue weighted by Gasteiger charge is -2.10. The van der Waals surface area contributed by atoms with E-state index in [4.69, 9.17) is 10.8 Å². The number of carbonyl (C=O) groups excluding carboxylic acids is 1. The summed E-state index contributed by atoms with van der Waals surface area (Å²) in [6.45, 7) is 1.38. The highest BCUT2D eigenvalue weighted by Gasteiger charge is 2.30. The average molecular weight is 402 g/mol. The fourth-order valence-corrected chi connectivity index (χ4v) is 2.60. The topological polar surface area (TPSA) is 138 Å². The van der Waals surface area contributed by atoms with E-state index < -0.39 is 40.1 Å². The van der Waals surface area contributed by atoms with Crippen LogP contribution in [0.5, 0.6) is 0 Å². The van der Waals surface area contributed by atoms with Gasteiger partial charge in [-0.05, 0) is 31.2 Å². The van der Waals surface area contributed by atoms with Gasteiger partial charge in [0.1, 0.15) is 10.9 Å². The number of alkyl halides is 3. The van der Waals surface area contributed by atoms with Gasteiger partial charge < -0.3 is 16.2 Å². The summed E-state index contributed by atoms with van der Waals surface area (Å²) in [4.78, 5) is 41.1. The number of halogens is 3. The minimum Gasteiger partial charge on any atom is -0.480 e. The number of hydrogen-bond donors (Lipinski definition) is 4. The Kier molecular flexibility index (Phi) is 5.78. The van der Waals surface area contributed by atoms with Gasteiger partial charge in [-0.25, -0.2) is 4.98 Å². The standard InChI is InChI=1S/C15H13F3N4O4S/c1-6(13(25)26)27-14-21-10(19)9(12(24)22-14)20-11(23)7-2-4-8(5-3-7)15(16,17)18/h2-6H,1H3,(H,20,23)(H,25,26)(H3,19,21,22,24)/t6-/m0/s1. The summed E-state index contributed by atoms with van der Waals surface area (Å²) in [5.41, 5.74) is 3.35. The van der Waals surface area contributed by atoms with Gasteiger partial charge in [0.15, 0.2) is 11.0 Å². The SMILES string of the molecule is C[C@H](Sc1nc(N)c(NC(=O)c2ccc(C(F)(F)F)cc2)c(=O)[nH]1)C(=O)O. The van der Waals surface area contributed by atoms with E-state index >= 15 is 0 Å². The summed E-state index contributed by atoms with van der Waals surface area (Å²) in [6.07, 6.45) is -4.54. The van der Waals surface area contributed by atoms with E-state index in [9.17, 15) is 27.6 Å². The van der Waals surface area contributed by atoms with Gasteiger partial charge in [-0.1, -0.05) is 11.8 Å². The molecule has 0 aliphatic carbocycles. The van der Waals surface area contributed by atoms with Crippen LogP contribution in [-0.2, 0) is 11.0 Å². The molecule has 2 rings (SSSR count). The molecule has 1 heterocycles. The van der Waals surface area contributed by atoms with Gasteiger partial charge >= 0.3 is 12.1 Å². The molecule has 0 radical (unpaired) electrons. The van der Waals surface area contributed by atoms with Crippen LogP contribution >= 0.6 is 11.8 Å². The molecule has 27 heavy (non-hydrogen) atoms. The molecule has 2 aromatic rings. The van der Waals surface area contributed by atoms with Gasteiger partial charge in [-0.2, -0.15) is 13.2 Å². The molecule has 0 saturated carbocycles. The third-order valence-electron chi connectivity index (χ3n) is 3.27. The van der Waals surface area contributed by atoms with Crippen LogP contribution in [0.2, 0.25) is 0 Å². The summed E-state index contributed by atoms with van der Waals surface area (Å²) in [5, 5.41) is 10.1. The number of amides is 1. The van der Waals surface area contributed by atoms with Crippen LogP contribution in [0.4, 0.5) is 24.7 Å². The van der Waals surface area contributed by atoms with Crippen molar-refractivity contribution in [3.05, 3.63) is 45.7 Å². The van der Waals surface area contributed by atoms with Crippen LogP contribution in [0, 0.1) is 0 Å². The van der Waals surface area contributed by atoms with Gasteiger partial charge in [0.25, 0.3) is 11.5 Å². The second-order valence-corrected chi connectivity index (χ2v) is 6.59. The summed E-state index contributed by atoms with van der Waals surface area (Å²) in [7, 11) is 0. The number of H-pyrrole nitrogens is 1. The van der Waals surface area contributed by atoms with Gasteiger partial charge in [-0.15, -0.1) is 0 Å². The third-order valence-corrected chi connectivity index (χ3v) is 4.25. The minimum atomic E-state index is -4.54. The molecule has 5 N–H and O–H groups in total. The molecule has 1 aromatic heterocycles. The second-order valence-electron chi connectivity index (χ2n) is 5.26. The predicted octanol–water partition coefficient (Wildman–Crippen LogP) is 2.19. The van der Waals surface area contributed by atoms with Gasteiger partial charge in [0.2, 0.25) is 0 Å². The van der Waals surface area contributed by atoms with Crippen molar-refractivity contribution in [2.45, 2.75) is 23.5 Å². The largest absolute Gasteiger partial charge is 0.480 e. The maximum atomic E-state index is 12.5. The number of carboxylic acid groups (broad SMARTS) is 1. The number of hydrogen-bond acceptors (Lipinski definition) is 6. The van der Waals surface area contributed by atoms with E-state index in [0.29, 0.717) is 0 Å². The Balaban J connectivity index is 2.20. The molecule has 0 bridgehead atoms. The average Bonchev–Trinajstić information content (AvgIpc) is 2.57. The van der Waals surface area contributed by atoms with Crippen molar-refractivity contribution in [2.75, 3.05) is 11.1 Å². The van der Waals surface area contributed by atoms with Crippen molar-refractivity contribution in [3.8, 4) is 0 Å². The first-order valence-electron chi connectivity index (χ1n) is 7.27. The van der Waals surface area contributed by atoms with Gasteiger partial charge in [0.05, 0.1) is 5.56 Å². The van der Waals surface area contributed by atoms with Crippen LogP contribution in [-0.4, -0.2) is 32.2 Å².